The second kappa shape index (κ2) is 4.73. The third-order valence-electron chi connectivity index (χ3n) is 4.79. The molecule has 4 rings (SSSR count). The van der Waals surface area contributed by atoms with Crippen molar-refractivity contribution in [3.8, 4) is 0 Å². The number of allylic oxidation sites excluding steroid dienone is 1. The summed E-state index contributed by atoms with van der Waals surface area (Å²) in [4.78, 5) is 12.9. The minimum Gasteiger partial charge on any atom is -0.500 e. The molecule has 2 fully saturated rings. The normalized spacial score (nSPS) is 33.8. The van der Waals surface area contributed by atoms with Crippen molar-refractivity contribution in [1.29, 1.82) is 0 Å². The predicted molar refractivity (Wildman–Crippen MR) is 80.3 cm³/mol. The second-order valence-electron chi connectivity index (χ2n) is 5.77. The lowest BCUT2D eigenvalue weighted by molar-refractivity contribution is -0.118. The Labute approximate surface area is 132 Å². The lowest BCUT2D eigenvalue weighted by Crippen LogP contribution is -2.29. The number of methoxy groups -OCH3 is 1. The fraction of sp³-hybridized carbons (Fsp3) is 0.438. The zero-order valence-corrected chi connectivity index (χ0v) is 12.9. The lowest BCUT2D eigenvalue weighted by Gasteiger charge is -2.21. The number of carbonyl (C=O) groups excluding carboxylic acids is 1. The first-order chi connectivity index (χ1) is 10.1. The number of halogens is 2. The van der Waals surface area contributed by atoms with Gasteiger partial charge in [0.15, 0.2) is 5.78 Å². The summed E-state index contributed by atoms with van der Waals surface area (Å²) < 4.78 is 11.5. The summed E-state index contributed by atoms with van der Waals surface area (Å²) in [7, 11) is 1.61. The number of benzene rings is 1. The van der Waals surface area contributed by atoms with Crippen molar-refractivity contribution >= 4 is 34.6 Å². The summed E-state index contributed by atoms with van der Waals surface area (Å²) in [6.07, 6.45) is 2.05. The van der Waals surface area contributed by atoms with Crippen LogP contribution >= 0.6 is 23.2 Å². The molecule has 5 heteroatoms. The van der Waals surface area contributed by atoms with Crippen LogP contribution in [0.5, 0.6) is 0 Å². The van der Waals surface area contributed by atoms with E-state index >= 15 is 0 Å². The lowest BCUT2D eigenvalue weighted by atomic mass is 9.80. The summed E-state index contributed by atoms with van der Waals surface area (Å²) in [6.45, 7) is 0. The maximum atomic E-state index is 12.9. The van der Waals surface area contributed by atoms with Crippen LogP contribution < -0.4 is 0 Å². The molecule has 0 amide bonds. The van der Waals surface area contributed by atoms with Gasteiger partial charge in [0.1, 0.15) is 5.76 Å². The molecule has 0 N–H and O–H groups in total. The molecule has 2 saturated heterocycles. The van der Waals surface area contributed by atoms with Crippen LogP contribution in [0.4, 0.5) is 0 Å². The van der Waals surface area contributed by atoms with Crippen LogP contribution in [-0.2, 0) is 14.3 Å². The van der Waals surface area contributed by atoms with E-state index < -0.39 is 0 Å². The van der Waals surface area contributed by atoms with E-state index in [9.17, 15) is 4.79 Å². The molecule has 0 aromatic heterocycles. The van der Waals surface area contributed by atoms with Gasteiger partial charge in [-0.2, -0.15) is 0 Å². The molecule has 3 nitrogen and oxygen atoms in total. The van der Waals surface area contributed by atoms with E-state index in [1.54, 1.807) is 25.3 Å². The first-order valence-corrected chi connectivity index (χ1v) is 7.80. The highest BCUT2D eigenvalue weighted by Gasteiger charge is 2.59. The zero-order chi connectivity index (χ0) is 14.7. The SMILES string of the molecule is COC1=C(c2cc(Cl)ccc2Cl)C(=O)[C@@H]2[C@H]1[C@H]1CC[C@@H]2O1. The Hall–Kier alpha value is -1.03. The van der Waals surface area contributed by atoms with E-state index in [1.807, 2.05) is 0 Å². The highest BCUT2D eigenvalue weighted by Crippen LogP contribution is 2.55. The molecular formula is C16H14Cl2O3. The molecule has 0 saturated carbocycles. The van der Waals surface area contributed by atoms with Crippen molar-refractivity contribution in [1.82, 2.24) is 0 Å². The largest absolute Gasteiger partial charge is 0.500 e. The molecule has 4 atom stereocenters. The summed E-state index contributed by atoms with van der Waals surface area (Å²) in [6, 6.07) is 5.17. The number of hydrogen-bond acceptors (Lipinski definition) is 3. The van der Waals surface area contributed by atoms with Crippen molar-refractivity contribution in [2.24, 2.45) is 11.8 Å². The van der Waals surface area contributed by atoms with Gasteiger partial charge < -0.3 is 9.47 Å². The van der Waals surface area contributed by atoms with Crippen LogP contribution in [0.1, 0.15) is 18.4 Å². The van der Waals surface area contributed by atoms with Crippen molar-refractivity contribution in [2.75, 3.05) is 7.11 Å². The number of ketones is 1. The average Bonchev–Trinajstić information content (AvgIpc) is 3.13. The molecule has 0 spiro atoms. The van der Waals surface area contributed by atoms with Crippen molar-refractivity contribution in [3.63, 3.8) is 0 Å². The number of carbonyl (C=O) groups is 1. The molecule has 21 heavy (non-hydrogen) atoms. The topological polar surface area (TPSA) is 35.5 Å². The van der Waals surface area contributed by atoms with Gasteiger partial charge in [0.2, 0.25) is 0 Å². The van der Waals surface area contributed by atoms with Gasteiger partial charge in [0.25, 0.3) is 0 Å². The predicted octanol–water partition coefficient (Wildman–Crippen LogP) is 3.73. The highest BCUT2D eigenvalue weighted by molar-refractivity contribution is 6.37. The first kappa shape index (κ1) is 13.6. The minimum absolute atomic E-state index is 0.0214. The van der Waals surface area contributed by atoms with Crippen molar-refractivity contribution in [2.45, 2.75) is 25.0 Å². The first-order valence-electron chi connectivity index (χ1n) is 7.05. The maximum Gasteiger partial charge on any atom is 0.173 e. The fourth-order valence-corrected chi connectivity index (χ4v) is 4.38. The summed E-state index contributed by atoms with van der Waals surface area (Å²) in [5.41, 5.74) is 1.25. The van der Waals surface area contributed by atoms with E-state index in [4.69, 9.17) is 32.7 Å². The quantitative estimate of drug-likeness (QED) is 0.831. The van der Waals surface area contributed by atoms with Gasteiger partial charge in [-0.1, -0.05) is 23.2 Å². The van der Waals surface area contributed by atoms with E-state index in [-0.39, 0.29) is 29.8 Å². The van der Waals surface area contributed by atoms with Gasteiger partial charge in [-0.05, 0) is 31.0 Å². The van der Waals surface area contributed by atoms with Crippen LogP contribution in [0.3, 0.4) is 0 Å². The molecule has 1 aromatic carbocycles. The summed E-state index contributed by atoms with van der Waals surface area (Å²) >= 11 is 12.3. The number of fused-ring (bicyclic) bond motifs is 5. The highest BCUT2D eigenvalue weighted by atomic mass is 35.5. The molecule has 1 aliphatic carbocycles. The molecule has 2 heterocycles. The molecule has 0 radical (unpaired) electrons. The smallest absolute Gasteiger partial charge is 0.173 e. The molecule has 3 aliphatic rings. The maximum absolute atomic E-state index is 12.9. The molecule has 2 bridgehead atoms. The molecule has 0 unspecified atom stereocenters. The Morgan fingerprint density at radius 1 is 1.19 bits per heavy atom. The average molecular weight is 325 g/mol. The van der Waals surface area contributed by atoms with Gasteiger partial charge in [0, 0.05) is 15.6 Å². The monoisotopic (exact) mass is 324 g/mol. The Morgan fingerprint density at radius 3 is 2.62 bits per heavy atom. The van der Waals surface area contributed by atoms with E-state index in [0.717, 1.165) is 12.8 Å². The Morgan fingerprint density at radius 2 is 1.90 bits per heavy atom. The Kier molecular flexibility index (Phi) is 3.07. The molecule has 110 valence electrons. The van der Waals surface area contributed by atoms with Crippen LogP contribution in [0.2, 0.25) is 10.0 Å². The Bertz CT molecular complexity index is 667. The van der Waals surface area contributed by atoms with Crippen molar-refractivity contribution in [3.05, 3.63) is 39.6 Å². The van der Waals surface area contributed by atoms with Gasteiger partial charge >= 0.3 is 0 Å². The van der Waals surface area contributed by atoms with E-state index in [1.165, 1.54) is 0 Å². The third-order valence-corrected chi connectivity index (χ3v) is 5.35. The summed E-state index contributed by atoms with van der Waals surface area (Å²) in [5, 5.41) is 1.08. The molecule has 2 aliphatic heterocycles. The van der Waals surface area contributed by atoms with Gasteiger partial charge in [-0.15, -0.1) is 0 Å². The van der Waals surface area contributed by atoms with Crippen LogP contribution in [0, 0.1) is 11.8 Å². The van der Waals surface area contributed by atoms with Crippen LogP contribution in [0.25, 0.3) is 5.57 Å². The number of hydrogen-bond donors (Lipinski definition) is 0. The zero-order valence-electron chi connectivity index (χ0n) is 11.4. The minimum atomic E-state index is -0.122. The third kappa shape index (κ3) is 1.81. The van der Waals surface area contributed by atoms with Crippen LogP contribution in [-0.4, -0.2) is 25.1 Å². The number of rotatable bonds is 2. The second-order valence-corrected chi connectivity index (χ2v) is 6.62. The van der Waals surface area contributed by atoms with E-state index in [2.05, 4.69) is 0 Å². The van der Waals surface area contributed by atoms with E-state index in [0.29, 0.717) is 26.9 Å². The standard InChI is InChI=1S/C16H14Cl2O3/c1-20-16-12(8-6-7(17)2-3-9(8)18)15(19)13-10-4-5-11(21-10)14(13)16/h2-3,6,10-11,13-14H,4-5H2,1H3/t10-,11+,13-,14+/m0/s1. The number of ether oxygens (including phenoxy) is 2. The Balaban J connectivity index is 1.88. The van der Waals surface area contributed by atoms with Gasteiger partial charge in [0.05, 0.1) is 36.7 Å². The van der Waals surface area contributed by atoms with Crippen LogP contribution in [0.15, 0.2) is 24.0 Å². The van der Waals surface area contributed by atoms with Gasteiger partial charge in [-0.25, -0.2) is 0 Å². The molecular weight excluding hydrogens is 311 g/mol. The number of Topliss-reactive ketones (excluding diaryl/α,β-unsaturated/α-hetero) is 1. The van der Waals surface area contributed by atoms with Crippen molar-refractivity contribution < 1.29 is 14.3 Å². The summed E-state index contributed by atoms with van der Waals surface area (Å²) in [5.74, 6) is 0.699. The molecule has 1 aromatic rings. The van der Waals surface area contributed by atoms with Gasteiger partial charge in [-0.3, -0.25) is 4.79 Å². The fourth-order valence-electron chi connectivity index (χ4n) is 3.99.